The van der Waals surface area contributed by atoms with Crippen molar-refractivity contribution in [3.8, 4) is 0 Å². The Morgan fingerprint density at radius 2 is 2.06 bits per heavy atom. The van der Waals surface area contributed by atoms with E-state index in [0.717, 1.165) is 13.0 Å². The average Bonchev–Trinajstić information content (AvgIpc) is 2.57. The summed E-state index contributed by atoms with van der Waals surface area (Å²) in [5.74, 6) is 0.590. The zero-order valence-corrected chi connectivity index (χ0v) is 11.1. The molecular weight excluding hydrogens is 210 g/mol. The van der Waals surface area contributed by atoms with Crippen molar-refractivity contribution in [3.63, 3.8) is 0 Å². The van der Waals surface area contributed by atoms with Crippen LogP contribution >= 0.6 is 0 Å². The molecule has 1 aliphatic heterocycles. The van der Waals surface area contributed by atoms with Gasteiger partial charge in [-0.25, -0.2) is 0 Å². The van der Waals surface area contributed by atoms with Gasteiger partial charge in [0.15, 0.2) is 0 Å². The van der Waals surface area contributed by atoms with Gasteiger partial charge in [0.2, 0.25) is 0 Å². The predicted molar refractivity (Wildman–Crippen MR) is 72.4 cm³/mol. The molecule has 0 saturated carbocycles. The molecular formula is C15H23NO. The lowest BCUT2D eigenvalue weighted by Gasteiger charge is -2.38. The molecule has 1 aromatic rings. The topological polar surface area (TPSA) is 23.5 Å². The Labute approximate surface area is 104 Å². The van der Waals surface area contributed by atoms with Crippen LogP contribution in [0.2, 0.25) is 0 Å². The van der Waals surface area contributed by atoms with Crippen LogP contribution in [0.5, 0.6) is 0 Å². The van der Waals surface area contributed by atoms with Gasteiger partial charge in [-0.1, -0.05) is 18.2 Å². The summed E-state index contributed by atoms with van der Waals surface area (Å²) in [6.07, 6.45) is 2.09. The summed E-state index contributed by atoms with van der Waals surface area (Å²) in [4.78, 5) is 2.50. The lowest BCUT2D eigenvalue weighted by molar-refractivity contribution is 0.229. The highest BCUT2D eigenvalue weighted by Crippen LogP contribution is 2.40. The van der Waals surface area contributed by atoms with Crippen molar-refractivity contribution < 1.29 is 5.11 Å². The molecule has 17 heavy (non-hydrogen) atoms. The predicted octanol–water partition coefficient (Wildman–Crippen LogP) is 2.98. The standard InChI is InChI=1S/C15H23NO/c1-12-6-4-5-7-14(12)16-10-8-13(9-11-17)15(16,2)3/h4-7,13,17H,8-11H2,1-3H3. The van der Waals surface area contributed by atoms with E-state index < -0.39 is 0 Å². The van der Waals surface area contributed by atoms with Crippen LogP contribution in [0, 0.1) is 12.8 Å². The van der Waals surface area contributed by atoms with E-state index in [-0.39, 0.29) is 5.54 Å². The Balaban J connectivity index is 2.27. The Kier molecular flexibility index (Phi) is 3.43. The van der Waals surface area contributed by atoms with Gasteiger partial charge in [0.25, 0.3) is 0 Å². The smallest absolute Gasteiger partial charge is 0.0434 e. The summed E-state index contributed by atoms with van der Waals surface area (Å²) in [6.45, 7) is 8.17. The number of aliphatic hydroxyl groups is 1. The van der Waals surface area contributed by atoms with Gasteiger partial charge >= 0.3 is 0 Å². The molecule has 0 bridgehead atoms. The summed E-state index contributed by atoms with van der Waals surface area (Å²) in [6, 6.07) is 8.58. The van der Waals surface area contributed by atoms with Crippen LogP contribution in [0.4, 0.5) is 5.69 Å². The molecule has 1 atom stereocenters. The number of aliphatic hydroxyl groups excluding tert-OH is 1. The summed E-state index contributed by atoms with van der Waals surface area (Å²) < 4.78 is 0. The summed E-state index contributed by atoms with van der Waals surface area (Å²) in [5.41, 5.74) is 2.83. The van der Waals surface area contributed by atoms with E-state index in [2.05, 4.69) is 49.9 Å². The zero-order valence-electron chi connectivity index (χ0n) is 11.1. The second kappa shape index (κ2) is 4.69. The van der Waals surface area contributed by atoms with E-state index >= 15 is 0 Å². The summed E-state index contributed by atoms with van der Waals surface area (Å²) >= 11 is 0. The zero-order chi connectivity index (χ0) is 12.5. The first-order valence-corrected chi connectivity index (χ1v) is 6.51. The molecule has 1 unspecified atom stereocenters. The molecule has 2 heteroatoms. The fourth-order valence-corrected chi connectivity index (χ4v) is 3.10. The van der Waals surface area contributed by atoms with E-state index in [1.807, 2.05) is 0 Å². The van der Waals surface area contributed by atoms with Crippen LogP contribution < -0.4 is 4.90 Å². The molecule has 0 radical (unpaired) electrons. The van der Waals surface area contributed by atoms with E-state index in [9.17, 15) is 0 Å². The average molecular weight is 233 g/mol. The molecule has 1 saturated heterocycles. The summed E-state index contributed by atoms with van der Waals surface area (Å²) in [7, 11) is 0. The number of nitrogens with zero attached hydrogens (tertiary/aromatic N) is 1. The maximum Gasteiger partial charge on any atom is 0.0434 e. The number of anilines is 1. The highest BCUT2D eigenvalue weighted by Gasteiger charge is 2.40. The van der Waals surface area contributed by atoms with Crippen molar-refractivity contribution >= 4 is 5.69 Å². The largest absolute Gasteiger partial charge is 0.396 e. The van der Waals surface area contributed by atoms with Gasteiger partial charge in [0, 0.05) is 24.4 Å². The first-order chi connectivity index (χ1) is 8.07. The van der Waals surface area contributed by atoms with Gasteiger partial charge in [-0.05, 0) is 51.2 Å². The minimum Gasteiger partial charge on any atom is -0.396 e. The lowest BCUT2D eigenvalue weighted by atomic mass is 9.86. The summed E-state index contributed by atoms with van der Waals surface area (Å²) in [5, 5.41) is 9.15. The number of para-hydroxylation sites is 1. The fraction of sp³-hybridized carbons (Fsp3) is 0.600. The SMILES string of the molecule is Cc1ccccc1N1CCC(CCO)C1(C)C. The Hall–Kier alpha value is -1.02. The third kappa shape index (κ3) is 2.19. The first-order valence-electron chi connectivity index (χ1n) is 6.51. The molecule has 2 nitrogen and oxygen atoms in total. The van der Waals surface area contributed by atoms with Gasteiger partial charge in [-0.3, -0.25) is 0 Å². The lowest BCUT2D eigenvalue weighted by Crippen LogP contribution is -2.43. The van der Waals surface area contributed by atoms with Crippen molar-refractivity contribution in [3.05, 3.63) is 29.8 Å². The maximum absolute atomic E-state index is 9.15. The number of hydrogen-bond donors (Lipinski definition) is 1. The minimum atomic E-state index is 0.148. The van der Waals surface area contributed by atoms with Crippen LogP contribution in [-0.4, -0.2) is 23.8 Å². The quantitative estimate of drug-likeness (QED) is 0.867. The number of aryl methyl sites for hydroxylation is 1. The second-order valence-corrected chi connectivity index (χ2v) is 5.59. The van der Waals surface area contributed by atoms with E-state index in [4.69, 9.17) is 5.11 Å². The second-order valence-electron chi connectivity index (χ2n) is 5.59. The van der Waals surface area contributed by atoms with Crippen LogP contribution in [0.15, 0.2) is 24.3 Å². The molecule has 0 amide bonds. The molecule has 1 aromatic carbocycles. The van der Waals surface area contributed by atoms with Crippen LogP contribution in [0.1, 0.15) is 32.3 Å². The molecule has 0 spiro atoms. The van der Waals surface area contributed by atoms with Crippen LogP contribution in [0.3, 0.4) is 0 Å². The first kappa shape index (κ1) is 12.4. The molecule has 1 fully saturated rings. The monoisotopic (exact) mass is 233 g/mol. The molecule has 0 aliphatic carbocycles. The number of hydrogen-bond acceptors (Lipinski definition) is 2. The van der Waals surface area contributed by atoms with Gasteiger partial charge in [-0.15, -0.1) is 0 Å². The molecule has 0 aromatic heterocycles. The number of benzene rings is 1. The normalized spacial score (nSPS) is 23.1. The van der Waals surface area contributed by atoms with Gasteiger partial charge in [0.1, 0.15) is 0 Å². The van der Waals surface area contributed by atoms with Gasteiger partial charge in [0.05, 0.1) is 0 Å². The van der Waals surface area contributed by atoms with Crippen molar-refractivity contribution in [2.45, 2.75) is 39.2 Å². The third-order valence-corrected chi connectivity index (χ3v) is 4.28. The Bertz CT molecular complexity index is 386. The minimum absolute atomic E-state index is 0.148. The van der Waals surface area contributed by atoms with Crippen molar-refractivity contribution in [1.82, 2.24) is 0 Å². The van der Waals surface area contributed by atoms with Crippen molar-refractivity contribution in [1.29, 1.82) is 0 Å². The van der Waals surface area contributed by atoms with E-state index in [1.165, 1.54) is 17.7 Å². The van der Waals surface area contributed by atoms with Crippen LogP contribution in [0.25, 0.3) is 0 Å². The molecule has 1 N–H and O–H groups in total. The van der Waals surface area contributed by atoms with E-state index in [0.29, 0.717) is 12.5 Å². The Morgan fingerprint density at radius 3 is 2.71 bits per heavy atom. The van der Waals surface area contributed by atoms with Crippen molar-refractivity contribution in [2.24, 2.45) is 5.92 Å². The van der Waals surface area contributed by atoms with Crippen molar-refractivity contribution in [2.75, 3.05) is 18.1 Å². The van der Waals surface area contributed by atoms with E-state index in [1.54, 1.807) is 0 Å². The van der Waals surface area contributed by atoms with Gasteiger partial charge < -0.3 is 10.0 Å². The Morgan fingerprint density at radius 1 is 1.35 bits per heavy atom. The molecule has 1 heterocycles. The highest BCUT2D eigenvalue weighted by molar-refractivity contribution is 5.56. The number of rotatable bonds is 3. The van der Waals surface area contributed by atoms with Gasteiger partial charge in [-0.2, -0.15) is 0 Å². The van der Waals surface area contributed by atoms with Crippen LogP contribution in [-0.2, 0) is 0 Å². The fourth-order valence-electron chi connectivity index (χ4n) is 3.10. The highest BCUT2D eigenvalue weighted by atomic mass is 16.3. The molecule has 94 valence electrons. The molecule has 2 rings (SSSR count). The third-order valence-electron chi connectivity index (χ3n) is 4.28. The maximum atomic E-state index is 9.15. The molecule has 1 aliphatic rings.